The van der Waals surface area contributed by atoms with E-state index in [4.69, 9.17) is 0 Å². The topological polar surface area (TPSA) is 61.4 Å². The maximum absolute atomic E-state index is 12.2. The summed E-state index contributed by atoms with van der Waals surface area (Å²) in [4.78, 5) is 25.8. The standard InChI is InChI=1S/C23H23N3O2/c1-26(2)23(28)19-9-6-10-21(15-19)24-16-22(27)25-20-13-11-18(12-14-20)17-7-4-3-5-8-17/h3-15,24H,16H2,1-2H3,(H,25,27). The third kappa shape index (κ3) is 4.98. The van der Waals surface area contributed by atoms with E-state index in [1.54, 1.807) is 32.3 Å². The molecule has 3 aromatic rings. The summed E-state index contributed by atoms with van der Waals surface area (Å²) >= 11 is 0. The second-order valence-corrected chi connectivity index (χ2v) is 6.63. The summed E-state index contributed by atoms with van der Waals surface area (Å²) < 4.78 is 0. The van der Waals surface area contributed by atoms with E-state index >= 15 is 0 Å². The van der Waals surface area contributed by atoms with Gasteiger partial charge in [-0.25, -0.2) is 0 Å². The molecule has 3 aromatic carbocycles. The molecule has 5 nitrogen and oxygen atoms in total. The first kappa shape index (κ1) is 19.2. The second-order valence-electron chi connectivity index (χ2n) is 6.63. The van der Waals surface area contributed by atoms with Crippen LogP contribution < -0.4 is 10.6 Å². The minimum absolute atomic E-state index is 0.0772. The van der Waals surface area contributed by atoms with Gasteiger partial charge in [0, 0.05) is 31.0 Å². The molecule has 0 bridgehead atoms. The fourth-order valence-electron chi connectivity index (χ4n) is 2.78. The van der Waals surface area contributed by atoms with Gasteiger partial charge in [0.2, 0.25) is 5.91 Å². The molecule has 2 amide bonds. The Balaban J connectivity index is 1.56. The van der Waals surface area contributed by atoms with Crippen molar-refractivity contribution >= 4 is 23.2 Å². The number of nitrogens with zero attached hydrogens (tertiary/aromatic N) is 1. The number of hydrogen-bond acceptors (Lipinski definition) is 3. The Morgan fingerprint density at radius 1 is 0.786 bits per heavy atom. The zero-order valence-electron chi connectivity index (χ0n) is 16.0. The van der Waals surface area contributed by atoms with Crippen molar-refractivity contribution in [2.45, 2.75) is 0 Å². The number of carbonyl (C=O) groups excluding carboxylic acids is 2. The molecule has 0 aromatic heterocycles. The Morgan fingerprint density at radius 2 is 1.46 bits per heavy atom. The molecule has 0 unspecified atom stereocenters. The lowest BCUT2D eigenvalue weighted by atomic mass is 10.1. The highest BCUT2D eigenvalue weighted by atomic mass is 16.2. The molecule has 2 N–H and O–H groups in total. The van der Waals surface area contributed by atoms with Crippen LogP contribution in [0.4, 0.5) is 11.4 Å². The molecule has 0 saturated heterocycles. The van der Waals surface area contributed by atoms with E-state index in [1.807, 2.05) is 60.7 Å². The Labute approximate surface area is 165 Å². The molecule has 0 heterocycles. The number of anilines is 2. The lowest BCUT2D eigenvalue weighted by molar-refractivity contribution is -0.114. The molecule has 0 aliphatic heterocycles. The van der Waals surface area contributed by atoms with Gasteiger partial charge in [-0.05, 0) is 41.5 Å². The highest BCUT2D eigenvalue weighted by Crippen LogP contribution is 2.21. The van der Waals surface area contributed by atoms with Crippen LogP contribution in [0.3, 0.4) is 0 Å². The van der Waals surface area contributed by atoms with Crippen molar-refractivity contribution in [2.75, 3.05) is 31.3 Å². The van der Waals surface area contributed by atoms with Crippen LogP contribution in [-0.2, 0) is 4.79 Å². The Kier molecular flexibility index (Phi) is 6.07. The van der Waals surface area contributed by atoms with E-state index in [-0.39, 0.29) is 18.4 Å². The minimum atomic E-state index is -0.156. The van der Waals surface area contributed by atoms with Gasteiger partial charge in [0.1, 0.15) is 0 Å². The van der Waals surface area contributed by atoms with Gasteiger partial charge in [-0.1, -0.05) is 48.5 Å². The van der Waals surface area contributed by atoms with Crippen LogP contribution in [0.2, 0.25) is 0 Å². The monoisotopic (exact) mass is 373 g/mol. The smallest absolute Gasteiger partial charge is 0.253 e. The average Bonchev–Trinajstić information content (AvgIpc) is 2.73. The molecule has 0 saturated carbocycles. The molecule has 0 aliphatic rings. The summed E-state index contributed by atoms with van der Waals surface area (Å²) in [5.74, 6) is -0.233. The van der Waals surface area contributed by atoms with Gasteiger partial charge in [-0.2, -0.15) is 0 Å². The number of benzene rings is 3. The van der Waals surface area contributed by atoms with E-state index < -0.39 is 0 Å². The van der Waals surface area contributed by atoms with E-state index in [9.17, 15) is 9.59 Å². The summed E-state index contributed by atoms with van der Waals surface area (Å²) in [6, 6.07) is 24.9. The highest BCUT2D eigenvalue weighted by Gasteiger charge is 2.09. The first-order valence-corrected chi connectivity index (χ1v) is 9.04. The maximum atomic E-state index is 12.2. The normalized spacial score (nSPS) is 10.2. The van der Waals surface area contributed by atoms with Crippen LogP contribution in [-0.4, -0.2) is 37.4 Å². The molecule has 5 heteroatoms. The van der Waals surface area contributed by atoms with Gasteiger partial charge in [-0.15, -0.1) is 0 Å². The molecule has 0 spiro atoms. The Bertz CT molecular complexity index is 951. The van der Waals surface area contributed by atoms with Crippen molar-refractivity contribution in [3.05, 3.63) is 84.4 Å². The molecule has 0 fully saturated rings. The van der Waals surface area contributed by atoms with Crippen LogP contribution in [0, 0.1) is 0 Å². The number of hydrogen-bond donors (Lipinski definition) is 2. The van der Waals surface area contributed by atoms with Gasteiger partial charge in [0.15, 0.2) is 0 Å². The van der Waals surface area contributed by atoms with Crippen LogP contribution in [0.15, 0.2) is 78.9 Å². The summed E-state index contributed by atoms with van der Waals surface area (Å²) in [5.41, 5.74) is 4.27. The number of amides is 2. The van der Waals surface area contributed by atoms with E-state index in [0.29, 0.717) is 5.56 Å². The number of carbonyl (C=O) groups is 2. The van der Waals surface area contributed by atoms with Crippen LogP contribution >= 0.6 is 0 Å². The number of rotatable bonds is 6. The third-order valence-corrected chi connectivity index (χ3v) is 4.24. The number of nitrogens with one attached hydrogen (secondary N) is 2. The highest BCUT2D eigenvalue weighted by molar-refractivity contribution is 5.96. The van der Waals surface area contributed by atoms with Gasteiger partial charge < -0.3 is 15.5 Å². The molecular formula is C23H23N3O2. The minimum Gasteiger partial charge on any atom is -0.376 e. The second kappa shape index (κ2) is 8.86. The quantitative estimate of drug-likeness (QED) is 0.684. The maximum Gasteiger partial charge on any atom is 0.253 e. The fraction of sp³-hybridized carbons (Fsp3) is 0.130. The molecule has 142 valence electrons. The van der Waals surface area contributed by atoms with Crippen molar-refractivity contribution in [3.8, 4) is 11.1 Å². The van der Waals surface area contributed by atoms with Crippen LogP contribution in [0.25, 0.3) is 11.1 Å². The SMILES string of the molecule is CN(C)C(=O)c1cccc(NCC(=O)Nc2ccc(-c3ccccc3)cc2)c1. The molecule has 0 aliphatic carbocycles. The predicted octanol–water partition coefficient (Wildman–Crippen LogP) is 4.11. The summed E-state index contributed by atoms with van der Waals surface area (Å²) in [6.07, 6.45) is 0. The largest absolute Gasteiger partial charge is 0.376 e. The van der Waals surface area contributed by atoms with Gasteiger partial charge >= 0.3 is 0 Å². The Hall–Kier alpha value is -3.60. The van der Waals surface area contributed by atoms with E-state index in [0.717, 1.165) is 22.5 Å². The fourth-order valence-corrected chi connectivity index (χ4v) is 2.78. The predicted molar refractivity (Wildman–Crippen MR) is 113 cm³/mol. The first-order chi connectivity index (χ1) is 13.5. The van der Waals surface area contributed by atoms with Gasteiger partial charge in [-0.3, -0.25) is 9.59 Å². The third-order valence-electron chi connectivity index (χ3n) is 4.24. The molecule has 0 atom stereocenters. The Morgan fingerprint density at radius 3 is 2.14 bits per heavy atom. The van der Waals surface area contributed by atoms with Crippen molar-refractivity contribution in [3.63, 3.8) is 0 Å². The molecule has 3 rings (SSSR count). The summed E-state index contributed by atoms with van der Waals surface area (Å²) in [6.45, 7) is 0.111. The summed E-state index contributed by atoms with van der Waals surface area (Å²) in [7, 11) is 3.41. The van der Waals surface area contributed by atoms with E-state index in [2.05, 4.69) is 10.6 Å². The lowest BCUT2D eigenvalue weighted by Crippen LogP contribution is -2.23. The van der Waals surface area contributed by atoms with Gasteiger partial charge in [0.05, 0.1) is 6.54 Å². The summed E-state index contributed by atoms with van der Waals surface area (Å²) in [5, 5.41) is 5.92. The lowest BCUT2D eigenvalue weighted by Gasteiger charge is -2.12. The zero-order chi connectivity index (χ0) is 19.9. The van der Waals surface area contributed by atoms with Crippen molar-refractivity contribution < 1.29 is 9.59 Å². The van der Waals surface area contributed by atoms with Crippen LogP contribution in [0.5, 0.6) is 0 Å². The molecule has 0 radical (unpaired) electrons. The van der Waals surface area contributed by atoms with Crippen LogP contribution in [0.1, 0.15) is 10.4 Å². The molecule has 28 heavy (non-hydrogen) atoms. The van der Waals surface area contributed by atoms with Gasteiger partial charge in [0.25, 0.3) is 5.91 Å². The van der Waals surface area contributed by atoms with Crippen molar-refractivity contribution in [2.24, 2.45) is 0 Å². The zero-order valence-corrected chi connectivity index (χ0v) is 16.0. The van der Waals surface area contributed by atoms with Crippen molar-refractivity contribution in [1.82, 2.24) is 4.90 Å². The van der Waals surface area contributed by atoms with Crippen molar-refractivity contribution in [1.29, 1.82) is 0 Å². The van der Waals surface area contributed by atoms with E-state index in [1.165, 1.54) is 4.90 Å². The first-order valence-electron chi connectivity index (χ1n) is 9.04. The molecular weight excluding hydrogens is 350 g/mol. The average molecular weight is 373 g/mol.